The van der Waals surface area contributed by atoms with Crippen LogP contribution in [0, 0.1) is 12.7 Å². The van der Waals surface area contributed by atoms with Gasteiger partial charge in [0.25, 0.3) is 0 Å². The lowest BCUT2D eigenvalue weighted by atomic mass is 9.97. The molecule has 0 radical (unpaired) electrons. The molecule has 2 aromatic rings. The number of halogens is 2. The zero-order valence-corrected chi connectivity index (χ0v) is 11.0. The van der Waals surface area contributed by atoms with Crippen LogP contribution in [0.2, 0.25) is 5.02 Å². The van der Waals surface area contributed by atoms with Gasteiger partial charge in [0.1, 0.15) is 5.82 Å². The number of benzene rings is 1. The normalized spacial score (nSPS) is 12.4. The molecule has 0 amide bonds. The molecule has 0 aliphatic heterocycles. The number of aryl methyl sites for hydroxylation is 1. The zero-order chi connectivity index (χ0) is 13.1. The second-order valence-corrected chi connectivity index (χ2v) is 4.53. The lowest BCUT2D eigenvalue weighted by Gasteiger charge is -2.20. The van der Waals surface area contributed by atoms with E-state index in [2.05, 4.69) is 10.3 Å². The molecule has 0 spiro atoms. The maximum absolute atomic E-state index is 13.1. The summed E-state index contributed by atoms with van der Waals surface area (Å²) in [6, 6.07) is 6.29. The minimum absolute atomic E-state index is 0.0909. The molecule has 0 saturated carbocycles. The third-order valence-electron chi connectivity index (χ3n) is 2.95. The van der Waals surface area contributed by atoms with Gasteiger partial charge in [-0.3, -0.25) is 4.98 Å². The molecule has 1 atom stereocenters. The molecule has 0 bridgehead atoms. The Hall–Kier alpha value is -1.45. The SMILES string of the molecule is CNC(c1cnccc1C)c1ccc(F)cc1Cl. The third kappa shape index (κ3) is 2.52. The number of hydrogen-bond donors (Lipinski definition) is 1. The first-order valence-electron chi connectivity index (χ1n) is 5.66. The van der Waals surface area contributed by atoms with Crippen molar-refractivity contribution in [2.75, 3.05) is 7.05 Å². The number of hydrogen-bond acceptors (Lipinski definition) is 2. The molecule has 1 aromatic carbocycles. The van der Waals surface area contributed by atoms with Crippen LogP contribution in [0.5, 0.6) is 0 Å². The van der Waals surface area contributed by atoms with Crippen molar-refractivity contribution in [3.8, 4) is 0 Å². The highest BCUT2D eigenvalue weighted by Crippen LogP contribution is 2.29. The molecule has 2 nitrogen and oxygen atoms in total. The van der Waals surface area contributed by atoms with Crippen molar-refractivity contribution in [3.63, 3.8) is 0 Å². The first kappa shape index (κ1) is 13.0. The Balaban J connectivity index is 2.49. The van der Waals surface area contributed by atoms with E-state index in [9.17, 15) is 4.39 Å². The fraction of sp³-hybridized carbons (Fsp3) is 0.214. The van der Waals surface area contributed by atoms with Crippen molar-refractivity contribution >= 4 is 11.6 Å². The number of nitrogens with zero attached hydrogens (tertiary/aromatic N) is 1. The molecule has 2 rings (SSSR count). The predicted octanol–water partition coefficient (Wildman–Crippen LogP) is 3.49. The van der Waals surface area contributed by atoms with Crippen molar-refractivity contribution in [1.82, 2.24) is 10.3 Å². The Labute approximate surface area is 111 Å². The van der Waals surface area contributed by atoms with Crippen LogP contribution in [0.1, 0.15) is 22.7 Å². The van der Waals surface area contributed by atoms with Crippen LogP contribution in [0.4, 0.5) is 4.39 Å². The molecule has 1 heterocycles. The molecule has 0 aliphatic carbocycles. The van der Waals surface area contributed by atoms with Crippen LogP contribution in [0.3, 0.4) is 0 Å². The molecule has 1 N–H and O–H groups in total. The van der Waals surface area contributed by atoms with Crippen molar-refractivity contribution < 1.29 is 4.39 Å². The van der Waals surface area contributed by atoms with Gasteiger partial charge in [-0.1, -0.05) is 17.7 Å². The molecular weight excluding hydrogens is 251 g/mol. The number of nitrogens with one attached hydrogen (secondary N) is 1. The van der Waals surface area contributed by atoms with E-state index in [0.29, 0.717) is 5.02 Å². The Bertz CT molecular complexity index is 557. The Kier molecular flexibility index (Phi) is 3.94. The van der Waals surface area contributed by atoms with Gasteiger partial charge < -0.3 is 5.32 Å². The van der Waals surface area contributed by atoms with Crippen molar-refractivity contribution in [1.29, 1.82) is 0 Å². The van der Waals surface area contributed by atoms with Crippen molar-refractivity contribution in [3.05, 3.63) is 64.2 Å². The molecule has 18 heavy (non-hydrogen) atoms. The van der Waals surface area contributed by atoms with Gasteiger partial charge >= 0.3 is 0 Å². The van der Waals surface area contributed by atoms with Crippen LogP contribution in [-0.4, -0.2) is 12.0 Å². The molecule has 1 aromatic heterocycles. The largest absolute Gasteiger partial charge is 0.309 e. The lowest BCUT2D eigenvalue weighted by molar-refractivity contribution is 0.623. The number of aromatic nitrogens is 1. The summed E-state index contributed by atoms with van der Waals surface area (Å²) in [5.74, 6) is -0.332. The molecular formula is C14H14ClFN2. The average Bonchev–Trinajstić information content (AvgIpc) is 2.34. The maximum Gasteiger partial charge on any atom is 0.124 e. The van der Waals surface area contributed by atoms with Gasteiger partial charge in [0.15, 0.2) is 0 Å². The lowest BCUT2D eigenvalue weighted by Crippen LogP contribution is -2.19. The van der Waals surface area contributed by atoms with Crippen LogP contribution in [0.15, 0.2) is 36.7 Å². The van der Waals surface area contributed by atoms with E-state index < -0.39 is 0 Å². The molecule has 1 unspecified atom stereocenters. The van der Waals surface area contributed by atoms with E-state index in [1.54, 1.807) is 18.5 Å². The van der Waals surface area contributed by atoms with E-state index in [1.165, 1.54) is 12.1 Å². The number of pyridine rings is 1. The van der Waals surface area contributed by atoms with Gasteiger partial charge in [-0.05, 0) is 48.9 Å². The van der Waals surface area contributed by atoms with Crippen LogP contribution >= 0.6 is 11.6 Å². The maximum atomic E-state index is 13.1. The van der Waals surface area contributed by atoms with Crippen LogP contribution in [-0.2, 0) is 0 Å². The first-order valence-corrected chi connectivity index (χ1v) is 6.04. The summed E-state index contributed by atoms with van der Waals surface area (Å²) in [7, 11) is 1.84. The minimum atomic E-state index is -0.332. The summed E-state index contributed by atoms with van der Waals surface area (Å²) < 4.78 is 13.1. The fourth-order valence-corrected chi connectivity index (χ4v) is 2.27. The number of rotatable bonds is 3. The topological polar surface area (TPSA) is 24.9 Å². The highest BCUT2D eigenvalue weighted by molar-refractivity contribution is 6.31. The van der Waals surface area contributed by atoms with E-state index in [0.717, 1.165) is 16.7 Å². The summed E-state index contributed by atoms with van der Waals surface area (Å²) in [5.41, 5.74) is 3.00. The monoisotopic (exact) mass is 264 g/mol. The van der Waals surface area contributed by atoms with E-state index in [-0.39, 0.29) is 11.9 Å². The van der Waals surface area contributed by atoms with Gasteiger partial charge in [-0.25, -0.2) is 4.39 Å². The predicted molar refractivity (Wildman–Crippen MR) is 71.3 cm³/mol. The molecule has 4 heteroatoms. The van der Waals surface area contributed by atoms with E-state index in [4.69, 9.17) is 11.6 Å². The summed E-state index contributed by atoms with van der Waals surface area (Å²) in [5, 5.41) is 3.60. The Morgan fingerprint density at radius 2 is 2.06 bits per heavy atom. The minimum Gasteiger partial charge on any atom is -0.309 e. The smallest absolute Gasteiger partial charge is 0.124 e. The van der Waals surface area contributed by atoms with Crippen molar-refractivity contribution in [2.45, 2.75) is 13.0 Å². The highest BCUT2D eigenvalue weighted by atomic mass is 35.5. The summed E-state index contributed by atoms with van der Waals surface area (Å²) in [6.45, 7) is 2.01. The second-order valence-electron chi connectivity index (χ2n) is 4.12. The summed E-state index contributed by atoms with van der Waals surface area (Å²) in [6.07, 6.45) is 3.55. The Morgan fingerprint density at radius 3 is 2.67 bits per heavy atom. The molecule has 0 aliphatic rings. The second kappa shape index (κ2) is 5.46. The van der Waals surface area contributed by atoms with Gasteiger partial charge in [-0.15, -0.1) is 0 Å². The van der Waals surface area contributed by atoms with Crippen LogP contribution in [0.25, 0.3) is 0 Å². The zero-order valence-electron chi connectivity index (χ0n) is 10.2. The van der Waals surface area contributed by atoms with Gasteiger partial charge in [0.05, 0.1) is 6.04 Å². The fourth-order valence-electron chi connectivity index (χ4n) is 1.99. The standard InChI is InChI=1S/C14H14ClFN2/c1-9-5-6-18-8-12(9)14(17-2)11-4-3-10(16)7-13(11)15/h3-8,14,17H,1-2H3. The first-order chi connectivity index (χ1) is 8.63. The molecule has 0 fully saturated rings. The third-order valence-corrected chi connectivity index (χ3v) is 3.28. The van der Waals surface area contributed by atoms with Gasteiger partial charge in [0.2, 0.25) is 0 Å². The quantitative estimate of drug-likeness (QED) is 0.918. The van der Waals surface area contributed by atoms with Gasteiger partial charge in [-0.2, -0.15) is 0 Å². The van der Waals surface area contributed by atoms with E-state index in [1.807, 2.05) is 20.0 Å². The molecule has 94 valence electrons. The molecule has 0 saturated heterocycles. The van der Waals surface area contributed by atoms with E-state index >= 15 is 0 Å². The van der Waals surface area contributed by atoms with Gasteiger partial charge in [0, 0.05) is 17.4 Å². The summed E-state index contributed by atoms with van der Waals surface area (Å²) >= 11 is 6.10. The Morgan fingerprint density at radius 1 is 1.28 bits per heavy atom. The van der Waals surface area contributed by atoms with Crippen LogP contribution < -0.4 is 5.32 Å². The highest BCUT2D eigenvalue weighted by Gasteiger charge is 2.17. The van der Waals surface area contributed by atoms with Crippen molar-refractivity contribution in [2.24, 2.45) is 0 Å². The average molecular weight is 265 g/mol. The summed E-state index contributed by atoms with van der Waals surface area (Å²) in [4.78, 5) is 4.13.